The van der Waals surface area contributed by atoms with Gasteiger partial charge in [-0.1, -0.05) is 139 Å². The van der Waals surface area contributed by atoms with Gasteiger partial charge in [-0.15, -0.1) is 0 Å². The van der Waals surface area contributed by atoms with Gasteiger partial charge in [0.25, 0.3) is 0 Å². The van der Waals surface area contributed by atoms with Gasteiger partial charge in [0.1, 0.15) is 0 Å². The summed E-state index contributed by atoms with van der Waals surface area (Å²) in [6.45, 7) is 0. The van der Waals surface area contributed by atoms with Gasteiger partial charge in [-0.25, -0.2) is 0 Å². The number of pyridine rings is 2. The van der Waals surface area contributed by atoms with Gasteiger partial charge in [-0.05, 0) is 98.6 Å². The minimum atomic E-state index is 0.724. The maximum absolute atomic E-state index is 6.83. The molecule has 2 aromatic heterocycles. The van der Waals surface area contributed by atoms with Gasteiger partial charge in [0.2, 0.25) is 0 Å². The van der Waals surface area contributed by atoms with Gasteiger partial charge in [0, 0.05) is 34.1 Å². The first-order valence-corrected chi connectivity index (χ1v) is 16.7. The average Bonchev–Trinajstić information content (AvgIpc) is 3.19. The van der Waals surface area contributed by atoms with Crippen molar-refractivity contribution in [2.24, 2.45) is 0 Å². The molecule has 0 saturated heterocycles. The van der Waals surface area contributed by atoms with E-state index in [0.29, 0.717) is 0 Å². The van der Waals surface area contributed by atoms with Crippen molar-refractivity contribution in [3.63, 3.8) is 0 Å². The molecule has 49 heavy (non-hydrogen) atoms. The number of hydrogen-bond donors (Lipinski definition) is 0. The summed E-state index contributed by atoms with van der Waals surface area (Å²) in [5.74, 6) is 0. The molecule has 0 radical (unpaired) electrons. The van der Waals surface area contributed by atoms with Gasteiger partial charge in [-0.2, -0.15) is 0 Å². The standard InChI is InChI=1S/C46H31ClN2/c47-44-16-6-5-15-43(44)38-30-36(41-13-3-1-11-39(41)32-19-23-34(24-20-32)45-17-7-9-27-48-45)29-37(31-38)42-14-4-2-12-40(42)33-21-25-35(26-22-33)46-18-8-10-28-49-46/h1-31H. The molecule has 0 unspecified atom stereocenters. The van der Waals surface area contributed by atoms with Crippen LogP contribution in [0.3, 0.4) is 0 Å². The second kappa shape index (κ2) is 13.6. The Labute approximate surface area is 292 Å². The monoisotopic (exact) mass is 646 g/mol. The Balaban J connectivity index is 1.26. The van der Waals surface area contributed by atoms with E-state index < -0.39 is 0 Å². The summed E-state index contributed by atoms with van der Waals surface area (Å²) in [5.41, 5.74) is 15.3. The minimum Gasteiger partial charge on any atom is -0.256 e. The maximum atomic E-state index is 6.83. The maximum Gasteiger partial charge on any atom is 0.0701 e. The lowest BCUT2D eigenvalue weighted by Gasteiger charge is -2.17. The summed E-state index contributed by atoms with van der Waals surface area (Å²) in [7, 11) is 0. The Hall–Kier alpha value is -6.09. The minimum absolute atomic E-state index is 0.724. The molecule has 8 rings (SSSR count). The molecule has 0 bridgehead atoms. The first-order chi connectivity index (χ1) is 24.2. The molecule has 3 heteroatoms. The van der Waals surface area contributed by atoms with Crippen LogP contribution in [0.25, 0.3) is 78.1 Å². The van der Waals surface area contributed by atoms with Crippen molar-refractivity contribution in [1.29, 1.82) is 0 Å². The molecule has 0 aliphatic carbocycles. The van der Waals surface area contributed by atoms with Crippen LogP contribution in [0.2, 0.25) is 5.02 Å². The van der Waals surface area contributed by atoms with Crippen LogP contribution >= 0.6 is 11.6 Å². The lowest BCUT2D eigenvalue weighted by atomic mass is 9.87. The molecular formula is C46H31ClN2. The van der Waals surface area contributed by atoms with Crippen molar-refractivity contribution in [3.05, 3.63) is 193 Å². The molecule has 232 valence electrons. The third-order valence-corrected chi connectivity index (χ3v) is 9.24. The Kier molecular flexibility index (Phi) is 8.38. The summed E-state index contributed by atoms with van der Waals surface area (Å²) in [5, 5.41) is 0.724. The normalized spacial score (nSPS) is 11.0. The third kappa shape index (κ3) is 6.30. The quantitative estimate of drug-likeness (QED) is 0.172. The zero-order valence-corrected chi connectivity index (χ0v) is 27.4. The lowest BCUT2D eigenvalue weighted by molar-refractivity contribution is 1.33. The second-order valence-corrected chi connectivity index (χ2v) is 12.4. The highest BCUT2D eigenvalue weighted by Gasteiger charge is 2.15. The van der Waals surface area contributed by atoms with Crippen LogP contribution in [0.15, 0.2) is 188 Å². The number of halogens is 1. The highest BCUT2D eigenvalue weighted by Crippen LogP contribution is 2.41. The molecule has 0 saturated carbocycles. The summed E-state index contributed by atoms with van der Waals surface area (Å²) in [6, 6.07) is 61.5. The van der Waals surface area contributed by atoms with Crippen molar-refractivity contribution in [2.75, 3.05) is 0 Å². The number of rotatable bonds is 7. The smallest absolute Gasteiger partial charge is 0.0701 e. The van der Waals surface area contributed by atoms with E-state index in [4.69, 9.17) is 11.6 Å². The van der Waals surface area contributed by atoms with Crippen molar-refractivity contribution in [2.45, 2.75) is 0 Å². The Morgan fingerprint density at radius 2 is 0.612 bits per heavy atom. The number of aromatic nitrogens is 2. The Morgan fingerprint density at radius 1 is 0.286 bits per heavy atom. The summed E-state index contributed by atoms with van der Waals surface area (Å²) >= 11 is 6.83. The van der Waals surface area contributed by atoms with Crippen LogP contribution in [-0.4, -0.2) is 9.97 Å². The lowest BCUT2D eigenvalue weighted by Crippen LogP contribution is -1.91. The van der Waals surface area contributed by atoms with Gasteiger partial charge >= 0.3 is 0 Å². The molecule has 0 amide bonds. The largest absolute Gasteiger partial charge is 0.256 e. The highest BCUT2D eigenvalue weighted by molar-refractivity contribution is 6.33. The van der Waals surface area contributed by atoms with E-state index in [1.165, 1.54) is 0 Å². The van der Waals surface area contributed by atoms with Crippen molar-refractivity contribution in [3.8, 4) is 78.1 Å². The number of hydrogen-bond acceptors (Lipinski definition) is 2. The molecule has 0 aliphatic heterocycles. The van der Waals surface area contributed by atoms with E-state index in [2.05, 4.69) is 131 Å². The van der Waals surface area contributed by atoms with Gasteiger partial charge in [0.15, 0.2) is 0 Å². The molecule has 2 heterocycles. The van der Waals surface area contributed by atoms with Gasteiger partial charge in [-0.3, -0.25) is 9.97 Å². The van der Waals surface area contributed by atoms with Gasteiger partial charge in [0.05, 0.1) is 11.4 Å². The second-order valence-electron chi connectivity index (χ2n) is 12.0. The predicted octanol–water partition coefficient (Wildman–Crippen LogP) is 12.8. The highest BCUT2D eigenvalue weighted by atomic mass is 35.5. The van der Waals surface area contributed by atoms with Crippen LogP contribution in [0.4, 0.5) is 0 Å². The van der Waals surface area contributed by atoms with Crippen molar-refractivity contribution in [1.82, 2.24) is 9.97 Å². The van der Waals surface area contributed by atoms with E-state index in [0.717, 1.165) is 83.2 Å². The van der Waals surface area contributed by atoms with Crippen LogP contribution in [0.5, 0.6) is 0 Å². The Morgan fingerprint density at radius 3 is 1.00 bits per heavy atom. The summed E-state index contributed by atoms with van der Waals surface area (Å²) in [6.07, 6.45) is 3.66. The van der Waals surface area contributed by atoms with E-state index in [9.17, 15) is 0 Å². The fraction of sp³-hybridized carbons (Fsp3) is 0. The zero-order chi connectivity index (χ0) is 33.0. The zero-order valence-electron chi connectivity index (χ0n) is 26.7. The molecule has 0 spiro atoms. The van der Waals surface area contributed by atoms with Gasteiger partial charge < -0.3 is 0 Å². The molecule has 0 N–H and O–H groups in total. The number of benzene rings is 6. The topological polar surface area (TPSA) is 25.8 Å². The molecule has 0 aliphatic rings. The number of nitrogens with zero attached hydrogens (tertiary/aromatic N) is 2. The summed E-state index contributed by atoms with van der Waals surface area (Å²) < 4.78 is 0. The van der Waals surface area contributed by atoms with Crippen molar-refractivity contribution < 1.29 is 0 Å². The van der Waals surface area contributed by atoms with Crippen LogP contribution in [-0.2, 0) is 0 Å². The SMILES string of the molecule is Clc1ccccc1-c1cc(-c2ccccc2-c2ccc(-c3ccccn3)cc2)cc(-c2ccccc2-c2ccc(-c3ccccn3)cc2)c1. The third-order valence-electron chi connectivity index (χ3n) is 8.91. The van der Waals surface area contributed by atoms with E-state index >= 15 is 0 Å². The van der Waals surface area contributed by atoms with E-state index in [1.807, 2.05) is 67.0 Å². The van der Waals surface area contributed by atoms with Crippen molar-refractivity contribution >= 4 is 11.6 Å². The molecular weight excluding hydrogens is 616 g/mol. The molecule has 0 fully saturated rings. The van der Waals surface area contributed by atoms with Crippen LogP contribution in [0.1, 0.15) is 0 Å². The van der Waals surface area contributed by atoms with Crippen LogP contribution in [0, 0.1) is 0 Å². The summed E-state index contributed by atoms with van der Waals surface area (Å²) in [4.78, 5) is 9.07. The predicted molar refractivity (Wildman–Crippen MR) is 205 cm³/mol. The molecule has 0 atom stereocenters. The fourth-order valence-electron chi connectivity index (χ4n) is 6.47. The molecule has 6 aromatic carbocycles. The van der Waals surface area contributed by atoms with E-state index in [-0.39, 0.29) is 0 Å². The molecule has 8 aromatic rings. The first-order valence-electron chi connectivity index (χ1n) is 16.3. The average molecular weight is 647 g/mol. The first kappa shape index (κ1) is 30.3. The van der Waals surface area contributed by atoms with Crippen LogP contribution < -0.4 is 0 Å². The fourth-order valence-corrected chi connectivity index (χ4v) is 6.72. The molecule has 2 nitrogen and oxygen atoms in total. The van der Waals surface area contributed by atoms with E-state index in [1.54, 1.807) is 0 Å². The Bertz CT molecular complexity index is 2220.